The van der Waals surface area contributed by atoms with E-state index in [1.54, 1.807) is 24.3 Å². The average molecular weight is 286 g/mol. The highest BCUT2D eigenvalue weighted by molar-refractivity contribution is 5.25. The molecule has 0 aliphatic heterocycles. The second-order valence-electron chi connectivity index (χ2n) is 5.56. The fourth-order valence-corrected chi connectivity index (χ4v) is 2.45. The molecule has 0 saturated carbocycles. The van der Waals surface area contributed by atoms with Crippen molar-refractivity contribution in [3.05, 3.63) is 35.4 Å². The number of benzene rings is 1. The van der Waals surface area contributed by atoms with Crippen molar-refractivity contribution in [1.82, 2.24) is 0 Å². The first-order chi connectivity index (χ1) is 9.45. The van der Waals surface area contributed by atoms with Crippen LogP contribution in [0.15, 0.2) is 24.3 Å². The van der Waals surface area contributed by atoms with Gasteiger partial charge in [0.25, 0.3) is 0 Å². The van der Waals surface area contributed by atoms with Crippen molar-refractivity contribution < 1.29 is 13.2 Å². The molecular weight excluding hydrogens is 261 g/mol. The maximum Gasteiger partial charge on any atom is 0.395 e. The van der Waals surface area contributed by atoms with Gasteiger partial charge in [-0.25, -0.2) is 0 Å². The Morgan fingerprint density at radius 2 is 1.45 bits per heavy atom. The van der Waals surface area contributed by atoms with Crippen molar-refractivity contribution in [2.45, 2.75) is 70.9 Å². The summed E-state index contributed by atoms with van der Waals surface area (Å²) in [6.45, 7) is 4.02. The van der Waals surface area contributed by atoms with Crippen LogP contribution in [-0.4, -0.2) is 6.18 Å². The van der Waals surface area contributed by atoms with E-state index in [1.165, 1.54) is 6.42 Å². The second kappa shape index (κ2) is 8.33. The third kappa shape index (κ3) is 5.98. The molecule has 0 spiro atoms. The van der Waals surface area contributed by atoms with Crippen molar-refractivity contribution >= 4 is 0 Å². The Morgan fingerprint density at radius 1 is 0.900 bits per heavy atom. The van der Waals surface area contributed by atoms with Gasteiger partial charge in [0.05, 0.1) is 5.92 Å². The van der Waals surface area contributed by atoms with Crippen LogP contribution in [0.3, 0.4) is 0 Å². The molecule has 1 aromatic carbocycles. The molecule has 0 aliphatic carbocycles. The summed E-state index contributed by atoms with van der Waals surface area (Å²) in [4.78, 5) is 0. The lowest BCUT2D eigenvalue weighted by Crippen LogP contribution is -2.20. The Bertz CT molecular complexity index is 365. The van der Waals surface area contributed by atoms with Crippen LogP contribution in [0.5, 0.6) is 0 Å². The van der Waals surface area contributed by atoms with Gasteiger partial charge in [-0.05, 0) is 18.9 Å². The van der Waals surface area contributed by atoms with Gasteiger partial charge in [0, 0.05) is 0 Å². The Kier molecular flexibility index (Phi) is 7.11. The monoisotopic (exact) mass is 286 g/mol. The fraction of sp³-hybridized carbons (Fsp3) is 0.647. The van der Waals surface area contributed by atoms with Gasteiger partial charge in [0.15, 0.2) is 0 Å². The van der Waals surface area contributed by atoms with Crippen LogP contribution in [0.1, 0.15) is 68.9 Å². The Morgan fingerprint density at radius 3 is 2.00 bits per heavy atom. The van der Waals surface area contributed by atoms with E-state index < -0.39 is 12.1 Å². The van der Waals surface area contributed by atoms with Crippen molar-refractivity contribution in [2.24, 2.45) is 0 Å². The standard InChI is InChI=1S/C17H25F3/c1-3-4-5-6-7-8-9-16(17(18,19)20)15-12-10-14(2)11-13-15/h10-13,16H,3-9H2,1-2H3. The molecule has 3 heteroatoms. The molecule has 0 N–H and O–H groups in total. The zero-order valence-corrected chi connectivity index (χ0v) is 12.5. The third-order valence-corrected chi connectivity index (χ3v) is 3.72. The van der Waals surface area contributed by atoms with E-state index in [-0.39, 0.29) is 6.42 Å². The topological polar surface area (TPSA) is 0 Å². The summed E-state index contributed by atoms with van der Waals surface area (Å²) in [7, 11) is 0. The highest BCUT2D eigenvalue weighted by atomic mass is 19.4. The molecule has 0 fully saturated rings. The number of unbranched alkanes of at least 4 members (excludes halogenated alkanes) is 5. The minimum Gasteiger partial charge on any atom is -0.170 e. The first kappa shape index (κ1) is 17.1. The van der Waals surface area contributed by atoms with Gasteiger partial charge in [0.2, 0.25) is 0 Å². The molecule has 0 nitrogen and oxygen atoms in total. The fourth-order valence-electron chi connectivity index (χ4n) is 2.45. The normalized spacial score (nSPS) is 13.4. The lowest BCUT2D eigenvalue weighted by molar-refractivity contribution is -0.152. The van der Waals surface area contributed by atoms with Crippen LogP contribution in [-0.2, 0) is 0 Å². The van der Waals surface area contributed by atoms with Crippen molar-refractivity contribution in [3.63, 3.8) is 0 Å². The maximum absolute atomic E-state index is 13.1. The van der Waals surface area contributed by atoms with Crippen LogP contribution in [0.2, 0.25) is 0 Å². The number of rotatable bonds is 8. The van der Waals surface area contributed by atoms with Crippen LogP contribution in [0, 0.1) is 6.92 Å². The maximum atomic E-state index is 13.1. The van der Waals surface area contributed by atoms with Gasteiger partial charge in [-0.3, -0.25) is 0 Å². The van der Waals surface area contributed by atoms with Gasteiger partial charge < -0.3 is 0 Å². The zero-order valence-electron chi connectivity index (χ0n) is 12.5. The largest absolute Gasteiger partial charge is 0.395 e. The molecule has 0 radical (unpaired) electrons. The molecule has 0 bridgehead atoms. The van der Waals surface area contributed by atoms with E-state index in [4.69, 9.17) is 0 Å². The van der Waals surface area contributed by atoms with Crippen molar-refractivity contribution in [3.8, 4) is 0 Å². The Balaban J connectivity index is 2.51. The molecule has 1 rings (SSSR count). The lowest BCUT2D eigenvalue weighted by atomic mass is 9.92. The zero-order chi connectivity index (χ0) is 15.0. The molecule has 114 valence electrons. The summed E-state index contributed by atoms with van der Waals surface area (Å²) in [5, 5.41) is 0. The van der Waals surface area contributed by atoms with Crippen molar-refractivity contribution in [2.75, 3.05) is 0 Å². The first-order valence-electron chi connectivity index (χ1n) is 7.58. The van der Waals surface area contributed by atoms with Gasteiger partial charge >= 0.3 is 6.18 Å². The number of hydrogen-bond acceptors (Lipinski definition) is 0. The Labute approximate surface area is 120 Å². The molecular formula is C17H25F3. The highest BCUT2D eigenvalue weighted by Gasteiger charge is 2.39. The van der Waals surface area contributed by atoms with E-state index in [0.717, 1.165) is 31.2 Å². The summed E-state index contributed by atoms with van der Waals surface area (Å²) in [6, 6.07) is 6.75. The second-order valence-corrected chi connectivity index (χ2v) is 5.56. The SMILES string of the molecule is CCCCCCCCC(c1ccc(C)cc1)C(F)(F)F. The quantitative estimate of drug-likeness (QED) is 0.485. The van der Waals surface area contributed by atoms with E-state index in [9.17, 15) is 13.2 Å². The van der Waals surface area contributed by atoms with E-state index >= 15 is 0 Å². The molecule has 0 aliphatic rings. The van der Waals surface area contributed by atoms with Crippen molar-refractivity contribution in [1.29, 1.82) is 0 Å². The third-order valence-electron chi connectivity index (χ3n) is 3.72. The van der Waals surface area contributed by atoms with Gasteiger partial charge in [-0.2, -0.15) is 13.2 Å². The number of halogens is 3. The molecule has 0 amide bonds. The van der Waals surface area contributed by atoms with Crippen LogP contribution in [0.25, 0.3) is 0 Å². The summed E-state index contributed by atoms with van der Waals surface area (Å²) in [5.41, 5.74) is 1.39. The molecule has 20 heavy (non-hydrogen) atoms. The average Bonchev–Trinajstić information content (AvgIpc) is 2.38. The van der Waals surface area contributed by atoms with Crippen LogP contribution >= 0.6 is 0 Å². The lowest BCUT2D eigenvalue weighted by Gasteiger charge is -2.21. The minimum atomic E-state index is -4.14. The molecule has 1 unspecified atom stereocenters. The van der Waals surface area contributed by atoms with Crippen LogP contribution in [0.4, 0.5) is 13.2 Å². The molecule has 0 aromatic heterocycles. The van der Waals surface area contributed by atoms with Gasteiger partial charge in [-0.1, -0.05) is 75.3 Å². The first-order valence-corrected chi connectivity index (χ1v) is 7.58. The van der Waals surface area contributed by atoms with Crippen LogP contribution < -0.4 is 0 Å². The molecule has 0 heterocycles. The smallest absolute Gasteiger partial charge is 0.170 e. The van der Waals surface area contributed by atoms with E-state index in [1.807, 2.05) is 6.92 Å². The number of hydrogen-bond donors (Lipinski definition) is 0. The molecule has 1 atom stereocenters. The summed E-state index contributed by atoms with van der Waals surface area (Å²) < 4.78 is 39.4. The van der Waals surface area contributed by atoms with E-state index in [2.05, 4.69) is 6.92 Å². The summed E-state index contributed by atoms with van der Waals surface area (Å²) >= 11 is 0. The Hall–Kier alpha value is -0.990. The summed E-state index contributed by atoms with van der Waals surface area (Å²) in [6.07, 6.45) is 2.15. The van der Waals surface area contributed by atoms with Gasteiger partial charge in [-0.15, -0.1) is 0 Å². The molecule has 0 saturated heterocycles. The highest BCUT2D eigenvalue weighted by Crippen LogP contribution is 2.38. The molecule has 1 aromatic rings. The number of aryl methyl sites for hydroxylation is 1. The summed E-state index contributed by atoms with van der Waals surface area (Å²) in [5.74, 6) is -1.31. The van der Waals surface area contributed by atoms with Gasteiger partial charge in [0.1, 0.15) is 0 Å². The van der Waals surface area contributed by atoms with E-state index in [0.29, 0.717) is 12.0 Å². The number of alkyl halides is 3. The predicted octanol–water partition coefficient (Wildman–Crippen LogP) is 6.39. The minimum absolute atomic E-state index is 0.207. The predicted molar refractivity (Wildman–Crippen MR) is 78.0 cm³/mol.